The molecule has 2 aromatic rings. The maximum absolute atomic E-state index is 9.13. The Hall–Kier alpha value is -1.98. The molecule has 0 atom stereocenters. The average molecular weight is 257 g/mol. The number of rotatable bonds is 2. The van der Waals surface area contributed by atoms with E-state index < -0.39 is 0 Å². The number of halogens is 1. The summed E-state index contributed by atoms with van der Waals surface area (Å²) in [4.78, 5) is 0. The lowest BCUT2D eigenvalue weighted by molar-refractivity contribution is 1.37. The van der Waals surface area contributed by atoms with E-state index in [2.05, 4.69) is 23.5 Å². The van der Waals surface area contributed by atoms with Crippen LogP contribution in [0, 0.1) is 25.2 Å². The van der Waals surface area contributed by atoms with Gasteiger partial charge in [-0.2, -0.15) is 5.26 Å². The second kappa shape index (κ2) is 5.12. The van der Waals surface area contributed by atoms with Gasteiger partial charge in [0.1, 0.15) is 6.07 Å². The van der Waals surface area contributed by atoms with Crippen molar-refractivity contribution >= 4 is 23.0 Å². The van der Waals surface area contributed by atoms with Crippen LogP contribution in [0.4, 0.5) is 11.4 Å². The van der Waals surface area contributed by atoms with Crippen LogP contribution < -0.4 is 5.32 Å². The van der Waals surface area contributed by atoms with Crippen molar-refractivity contribution in [2.75, 3.05) is 5.32 Å². The zero-order valence-electron chi connectivity index (χ0n) is 10.3. The van der Waals surface area contributed by atoms with Crippen LogP contribution in [0.5, 0.6) is 0 Å². The van der Waals surface area contributed by atoms with Gasteiger partial charge in [0.05, 0.1) is 16.3 Å². The molecule has 0 spiro atoms. The first-order chi connectivity index (χ1) is 8.61. The van der Waals surface area contributed by atoms with Gasteiger partial charge in [0.2, 0.25) is 0 Å². The SMILES string of the molecule is Cc1ccc(C)c(Nc2cccc(Cl)c2C#N)c1. The molecule has 0 aliphatic carbocycles. The van der Waals surface area contributed by atoms with E-state index in [1.807, 2.05) is 32.0 Å². The normalized spacial score (nSPS) is 9.89. The van der Waals surface area contributed by atoms with Gasteiger partial charge < -0.3 is 5.32 Å². The minimum absolute atomic E-state index is 0.466. The Bertz CT molecular complexity index is 627. The van der Waals surface area contributed by atoms with Crippen LogP contribution in [0.2, 0.25) is 5.02 Å². The second-order valence-electron chi connectivity index (χ2n) is 4.22. The van der Waals surface area contributed by atoms with Crippen LogP contribution in [0.3, 0.4) is 0 Å². The quantitative estimate of drug-likeness (QED) is 0.854. The monoisotopic (exact) mass is 256 g/mol. The summed E-state index contributed by atoms with van der Waals surface area (Å²) in [5.41, 5.74) is 4.50. The summed E-state index contributed by atoms with van der Waals surface area (Å²) < 4.78 is 0. The minimum Gasteiger partial charge on any atom is -0.354 e. The highest BCUT2D eigenvalue weighted by Gasteiger charge is 2.07. The summed E-state index contributed by atoms with van der Waals surface area (Å²) in [6.07, 6.45) is 0. The highest BCUT2D eigenvalue weighted by molar-refractivity contribution is 6.32. The number of hydrogen-bond acceptors (Lipinski definition) is 2. The Labute approximate surface area is 112 Å². The molecule has 0 bridgehead atoms. The fourth-order valence-corrected chi connectivity index (χ4v) is 1.97. The van der Waals surface area contributed by atoms with Crippen molar-refractivity contribution in [1.29, 1.82) is 5.26 Å². The third-order valence-corrected chi connectivity index (χ3v) is 3.10. The van der Waals surface area contributed by atoms with Crippen LogP contribution >= 0.6 is 11.6 Å². The molecule has 0 radical (unpaired) electrons. The van der Waals surface area contributed by atoms with Crippen molar-refractivity contribution in [2.24, 2.45) is 0 Å². The number of nitrogens with zero attached hydrogens (tertiary/aromatic N) is 1. The summed E-state index contributed by atoms with van der Waals surface area (Å²) >= 11 is 6.00. The van der Waals surface area contributed by atoms with Crippen molar-refractivity contribution in [3.8, 4) is 6.07 Å². The van der Waals surface area contributed by atoms with Crippen molar-refractivity contribution in [3.05, 3.63) is 58.1 Å². The van der Waals surface area contributed by atoms with Crippen molar-refractivity contribution in [2.45, 2.75) is 13.8 Å². The van der Waals surface area contributed by atoms with Crippen LogP contribution in [0.1, 0.15) is 16.7 Å². The Morgan fingerprint density at radius 2 is 1.89 bits per heavy atom. The van der Waals surface area contributed by atoms with Gasteiger partial charge in [-0.25, -0.2) is 0 Å². The summed E-state index contributed by atoms with van der Waals surface area (Å²) in [6, 6.07) is 13.7. The summed E-state index contributed by atoms with van der Waals surface area (Å²) in [7, 11) is 0. The Kier molecular flexibility index (Phi) is 3.55. The number of nitriles is 1. The number of benzene rings is 2. The third-order valence-electron chi connectivity index (χ3n) is 2.79. The molecule has 2 nitrogen and oxygen atoms in total. The number of nitrogens with one attached hydrogen (secondary N) is 1. The first-order valence-electron chi connectivity index (χ1n) is 5.64. The van der Waals surface area contributed by atoms with Gasteiger partial charge in [-0.15, -0.1) is 0 Å². The second-order valence-corrected chi connectivity index (χ2v) is 4.62. The molecule has 0 aromatic heterocycles. The molecule has 90 valence electrons. The molecule has 0 amide bonds. The van der Waals surface area contributed by atoms with Crippen LogP contribution in [-0.2, 0) is 0 Å². The van der Waals surface area contributed by atoms with E-state index in [1.165, 1.54) is 5.56 Å². The third kappa shape index (κ3) is 2.47. The van der Waals surface area contributed by atoms with Crippen molar-refractivity contribution < 1.29 is 0 Å². The van der Waals surface area contributed by atoms with Crippen LogP contribution in [-0.4, -0.2) is 0 Å². The predicted molar refractivity (Wildman–Crippen MR) is 75.4 cm³/mol. The van der Waals surface area contributed by atoms with Crippen molar-refractivity contribution in [1.82, 2.24) is 0 Å². The maximum Gasteiger partial charge on any atom is 0.103 e. The maximum atomic E-state index is 9.13. The first-order valence-corrected chi connectivity index (χ1v) is 6.02. The Morgan fingerprint density at radius 3 is 2.61 bits per heavy atom. The highest BCUT2D eigenvalue weighted by atomic mass is 35.5. The molecule has 0 heterocycles. The van der Waals surface area contributed by atoms with Gasteiger partial charge in [-0.1, -0.05) is 29.8 Å². The zero-order valence-corrected chi connectivity index (χ0v) is 11.0. The molecule has 1 N–H and O–H groups in total. The van der Waals surface area contributed by atoms with E-state index in [0.717, 1.165) is 16.9 Å². The van der Waals surface area contributed by atoms with Gasteiger partial charge in [-0.05, 0) is 43.2 Å². The standard InChI is InChI=1S/C15H13ClN2/c1-10-6-7-11(2)15(8-10)18-14-5-3-4-13(16)12(14)9-17/h3-8,18H,1-2H3. The largest absolute Gasteiger partial charge is 0.354 e. The molecule has 0 fully saturated rings. The number of hydrogen-bond donors (Lipinski definition) is 1. The first kappa shape index (κ1) is 12.5. The number of anilines is 2. The topological polar surface area (TPSA) is 35.8 Å². The molecule has 0 saturated carbocycles. The molecule has 0 aliphatic rings. The highest BCUT2D eigenvalue weighted by Crippen LogP contribution is 2.28. The average Bonchev–Trinajstić information content (AvgIpc) is 2.34. The fraction of sp³-hybridized carbons (Fsp3) is 0.133. The van der Waals surface area contributed by atoms with Crippen molar-refractivity contribution in [3.63, 3.8) is 0 Å². The van der Waals surface area contributed by atoms with E-state index in [-0.39, 0.29) is 0 Å². The van der Waals surface area contributed by atoms with Crippen LogP contribution in [0.25, 0.3) is 0 Å². The van der Waals surface area contributed by atoms with E-state index in [0.29, 0.717) is 10.6 Å². The van der Waals surface area contributed by atoms with E-state index in [4.69, 9.17) is 16.9 Å². The van der Waals surface area contributed by atoms with Gasteiger partial charge in [-0.3, -0.25) is 0 Å². The lowest BCUT2D eigenvalue weighted by Gasteiger charge is -2.12. The zero-order chi connectivity index (χ0) is 13.1. The van der Waals surface area contributed by atoms with Gasteiger partial charge in [0.25, 0.3) is 0 Å². The lowest BCUT2D eigenvalue weighted by atomic mass is 10.1. The molecule has 0 saturated heterocycles. The van der Waals surface area contributed by atoms with E-state index >= 15 is 0 Å². The van der Waals surface area contributed by atoms with E-state index in [9.17, 15) is 0 Å². The summed E-state index contributed by atoms with van der Waals surface area (Å²) in [5.74, 6) is 0. The lowest BCUT2D eigenvalue weighted by Crippen LogP contribution is -1.96. The van der Waals surface area contributed by atoms with Gasteiger partial charge in [0.15, 0.2) is 0 Å². The summed E-state index contributed by atoms with van der Waals surface area (Å²) in [6.45, 7) is 4.06. The van der Waals surface area contributed by atoms with Crippen LogP contribution in [0.15, 0.2) is 36.4 Å². The van der Waals surface area contributed by atoms with Gasteiger partial charge in [0, 0.05) is 5.69 Å². The Balaban J connectivity index is 2.44. The van der Waals surface area contributed by atoms with E-state index in [1.54, 1.807) is 6.07 Å². The predicted octanol–water partition coefficient (Wildman–Crippen LogP) is 4.57. The Morgan fingerprint density at radius 1 is 1.11 bits per heavy atom. The molecule has 3 heteroatoms. The molecule has 2 rings (SSSR count). The molecule has 2 aromatic carbocycles. The fourth-order valence-electron chi connectivity index (χ4n) is 1.76. The molecular formula is C15H13ClN2. The molecular weight excluding hydrogens is 244 g/mol. The molecule has 18 heavy (non-hydrogen) atoms. The summed E-state index contributed by atoms with van der Waals surface area (Å²) in [5, 5.41) is 12.9. The smallest absolute Gasteiger partial charge is 0.103 e. The minimum atomic E-state index is 0.466. The number of aryl methyl sites for hydroxylation is 2. The molecule has 0 aliphatic heterocycles. The van der Waals surface area contributed by atoms with Gasteiger partial charge >= 0.3 is 0 Å². The molecule has 0 unspecified atom stereocenters.